The molecule has 0 radical (unpaired) electrons. The van der Waals surface area contributed by atoms with Crippen molar-refractivity contribution in [3.05, 3.63) is 52.2 Å². The van der Waals surface area contributed by atoms with E-state index in [1.165, 1.54) is 11.3 Å². The van der Waals surface area contributed by atoms with E-state index in [4.69, 9.17) is 11.6 Å². The number of fused-ring (bicyclic) bond motifs is 1. The van der Waals surface area contributed by atoms with Crippen molar-refractivity contribution < 1.29 is 5.11 Å². The van der Waals surface area contributed by atoms with Crippen molar-refractivity contribution in [2.24, 2.45) is 7.05 Å². The molecule has 0 atom stereocenters. The number of benzene rings is 2. The monoisotopic (exact) mass is 299 g/mol. The summed E-state index contributed by atoms with van der Waals surface area (Å²) in [5.41, 5.74) is 6.32. The number of rotatable bonds is 1. The molecule has 0 saturated heterocycles. The summed E-state index contributed by atoms with van der Waals surface area (Å²) >= 11 is 5.98. The van der Waals surface area contributed by atoms with E-state index in [0.717, 1.165) is 27.6 Å². The maximum Gasteiger partial charge on any atom is 0.127 e. The zero-order valence-corrected chi connectivity index (χ0v) is 13.4. The van der Waals surface area contributed by atoms with Crippen LogP contribution in [0.25, 0.3) is 22.0 Å². The lowest BCUT2D eigenvalue weighted by Crippen LogP contribution is -1.91. The molecule has 1 N–H and O–H groups in total. The third-order valence-electron chi connectivity index (χ3n) is 4.38. The van der Waals surface area contributed by atoms with Crippen molar-refractivity contribution in [2.75, 3.05) is 0 Å². The Kier molecular flexibility index (Phi) is 3.22. The Labute approximate surface area is 129 Å². The van der Waals surface area contributed by atoms with E-state index in [9.17, 15) is 5.11 Å². The molecule has 0 saturated carbocycles. The Bertz CT molecular complexity index is 844. The van der Waals surface area contributed by atoms with Gasteiger partial charge >= 0.3 is 0 Å². The molecule has 3 rings (SSSR count). The molecule has 0 bridgehead atoms. The molecule has 2 aromatic carbocycles. The summed E-state index contributed by atoms with van der Waals surface area (Å²) < 4.78 is 2.18. The Balaban J connectivity index is 2.48. The van der Waals surface area contributed by atoms with Crippen LogP contribution in [0.5, 0.6) is 5.75 Å². The molecular weight excluding hydrogens is 282 g/mol. The molecule has 1 heterocycles. The van der Waals surface area contributed by atoms with Gasteiger partial charge in [-0.3, -0.25) is 0 Å². The summed E-state index contributed by atoms with van der Waals surface area (Å²) in [6.45, 7) is 6.14. The second-order valence-electron chi connectivity index (χ2n) is 5.59. The van der Waals surface area contributed by atoms with Crippen LogP contribution >= 0.6 is 11.6 Å². The van der Waals surface area contributed by atoms with Crippen molar-refractivity contribution in [3.63, 3.8) is 0 Å². The van der Waals surface area contributed by atoms with Crippen LogP contribution < -0.4 is 0 Å². The number of halogens is 1. The molecular formula is C18H18ClNO. The minimum atomic E-state index is 0.346. The standard InChI is InChI=1S/C18H18ClNO/c1-10-9-15-16(11(2)12(3)20(15)4)17(18(10)21)13-5-7-14(19)8-6-13/h5-9,21H,1-4H3. The summed E-state index contributed by atoms with van der Waals surface area (Å²) in [4.78, 5) is 0. The van der Waals surface area contributed by atoms with E-state index in [0.29, 0.717) is 10.8 Å². The highest BCUT2D eigenvalue weighted by Crippen LogP contribution is 2.42. The number of aryl methyl sites for hydroxylation is 3. The molecule has 108 valence electrons. The molecule has 0 aliphatic carbocycles. The van der Waals surface area contributed by atoms with Gasteiger partial charge in [-0.1, -0.05) is 23.7 Å². The van der Waals surface area contributed by atoms with Gasteiger partial charge in [0, 0.05) is 34.2 Å². The second-order valence-corrected chi connectivity index (χ2v) is 6.02. The van der Waals surface area contributed by atoms with E-state index in [2.05, 4.69) is 25.5 Å². The van der Waals surface area contributed by atoms with Gasteiger partial charge in [0.1, 0.15) is 5.75 Å². The van der Waals surface area contributed by atoms with Gasteiger partial charge in [0.05, 0.1) is 0 Å². The first-order valence-electron chi connectivity index (χ1n) is 6.96. The molecule has 0 aliphatic rings. The molecule has 3 aromatic rings. The zero-order valence-electron chi connectivity index (χ0n) is 12.7. The van der Waals surface area contributed by atoms with Crippen LogP contribution in [-0.2, 0) is 7.05 Å². The minimum Gasteiger partial charge on any atom is -0.507 e. The Hall–Kier alpha value is -1.93. The van der Waals surface area contributed by atoms with Gasteiger partial charge in [0.15, 0.2) is 0 Å². The first-order chi connectivity index (χ1) is 9.91. The summed E-state index contributed by atoms with van der Waals surface area (Å²) in [6.07, 6.45) is 0. The first kappa shape index (κ1) is 14.0. The van der Waals surface area contributed by atoms with Gasteiger partial charge in [-0.2, -0.15) is 0 Å². The highest BCUT2D eigenvalue weighted by molar-refractivity contribution is 6.30. The van der Waals surface area contributed by atoms with Crippen LogP contribution in [0.4, 0.5) is 0 Å². The van der Waals surface area contributed by atoms with Crippen molar-refractivity contribution in [1.29, 1.82) is 0 Å². The fraction of sp³-hybridized carbons (Fsp3) is 0.222. The molecule has 0 spiro atoms. The number of phenols is 1. The maximum absolute atomic E-state index is 10.6. The van der Waals surface area contributed by atoms with Crippen molar-refractivity contribution in [1.82, 2.24) is 4.57 Å². The van der Waals surface area contributed by atoms with Crippen molar-refractivity contribution in [3.8, 4) is 16.9 Å². The topological polar surface area (TPSA) is 25.2 Å². The molecule has 0 aliphatic heterocycles. The van der Waals surface area contributed by atoms with Crippen molar-refractivity contribution >= 4 is 22.5 Å². The third kappa shape index (κ3) is 2.02. The Morgan fingerprint density at radius 1 is 1.05 bits per heavy atom. The highest BCUT2D eigenvalue weighted by Gasteiger charge is 2.18. The number of aromatic hydroxyl groups is 1. The number of aromatic nitrogens is 1. The van der Waals surface area contributed by atoms with E-state index >= 15 is 0 Å². The normalized spacial score (nSPS) is 11.3. The van der Waals surface area contributed by atoms with Gasteiger partial charge in [0.2, 0.25) is 0 Å². The molecule has 1 aromatic heterocycles. The van der Waals surface area contributed by atoms with E-state index in [1.54, 1.807) is 0 Å². The quantitative estimate of drug-likeness (QED) is 0.662. The van der Waals surface area contributed by atoms with Gasteiger partial charge in [-0.15, -0.1) is 0 Å². The Morgan fingerprint density at radius 2 is 1.67 bits per heavy atom. The van der Waals surface area contributed by atoms with E-state index in [1.807, 2.05) is 37.3 Å². The number of nitrogens with zero attached hydrogens (tertiary/aromatic N) is 1. The summed E-state index contributed by atoms with van der Waals surface area (Å²) in [7, 11) is 2.06. The van der Waals surface area contributed by atoms with E-state index in [-0.39, 0.29) is 0 Å². The van der Waals surface area contributed by atoms with Crippen LogP contribution in [0.15, 0.2) is 30.3 Å². The summed E-state index contributed by atoms with van der Waals surface area (Å²) in [6, 6.07) is 9.67. The minimum absolute atomic E-state index is 0.346. The van der Waals surface area contributed by atoms with Crippen molar-refractivity contribution in [2.45, 2.75) is 20.8 Å². The van der Waals surface area contributed by atoms with Crippen LogP contribution in [0.1, 0.15) is 16.8 Å². The van der Waals surface area contributed by atoms with Crippen LogP contribution in [0, 0.1) is 20.8 Å². The second kappa shape index (κ2) is 4.81. The average Bonchev–Trinajstić information content (AvgIpc) is 2.67. The van der Waals surface area contributed by atoms with Gasteiger partial charge in [-0.05, 0) is 55.7 Å². The molecule has 0 amide bonds. The number of hydrogen-bond acceptors (Lipinski definition) is 1. The first-order valence-corrected chi connectivity index (χ1v) is 7.33. The molecule has 2 nitrogen and oxygen atoms in total. The lowest BCUT2D eigenvalue weighted by atomic mass is 9.95. The number of hydrogen-bond donors (Lipinski definition) is 1. The van der Waals surface area contributed by atoms with Gasteiger partial charge in [-0.25, -0.2) is 0 Å². The average molecular weight is 300 g/mol. The van der Waals surface area contributed by atoms with Crippen LogP contribution in [-0.4, -0.2) is 9.67 Å². The summed E-state index contributed by atoms with van der Waals surface area (Å²) in [5.74, 6) is 0.346. The lowest BCUT2D eigenvalue weighted by molar-refractivity contribution is 0.474. The molecule has 3 heteroatoms. The zero-order chi connectivity index (χ0) is 15.3. The third-order valence-corrected chi connectivity index (χ3v) is 4.64. The fourth-order valence-corrected chi connectivity index (χ4v) is 3.07. The Morgan fingerprint density at radius 3 is 2.29 bits per heavy atom. The van der Waals surface area contributed by atoms with Gasteiger partial charge in [0.25, 0.3) is 0 Å². The fourth-order valence-electron chi connectivity index (χ4n) is 2.94. The maximum atomic E-state index is 10.6. The van der Waals surface area contributed by atoms with E-state index < -0.39 is 0 Å². The lowest BCUT2D eigenvalue weighted by Gasteiger charge is -2.11. The predicted molar refractivity (Wildman–Crippen MR) is 89.2 cm³/mol. The molecule has 0 unspecified atom stereocenters. The molecule has 21 heavy (non-hydrogen) atoms. The number of phenolic OH excluding ortho intramolecular Hbond substituents is 1. The summed E-state index contributed by atoms with van der Waals surface area (Å²) in [5, 5.41) is 12.4. The predicted octanol–water partition coefficient (Wildman–Crippen LogP) is 5.13. The highest BCUT2D eigenvalue weighted by atomic mass is 35.5. The smallest absolute Gasteiger partial charge is 0.127 e. The largest absolute Gasteiger partial charge is 0.507 e. The van der Waals surface area contributed by atoms with Gasteiger partial charge < -0.3 is 9.67 Å². The molecule has 0 fully saturated rings. The van der Waals surface area contributed by atoms with Crippen LogP contribution in [0.3, 0.4) is 0 Å². The van der Waals surface area contributed by atoms with Crippen LogP contribution in [0.2, 0.25) is 5.02 Å². The SMILES string of the molecule is Cc1cc2c(c(C)c(C)n2C)c(-c2ccc(Cl)cc2)c1O.